The molecule has 0 aliphatic rings. The van der Waals surface area contributed by atoms with Crippen molar-refractivity contribution in [2.24, 2.45) is 0 Å². The molecular formula is C5H8Br2. The van der Waals surface area contributed by atoms with Gasteiger partial charge < -0.3 is 0 Å². The maximum Gasteiger partial charge on any atom is 0.0239 e. The fraction of sp³-hybridized carbons (Fsp3) is 0.600. The second-order valence-corrected chi connectivity index (χ2v) is 2.55. The van der Waals surface area contributed by atoms with E-state index in [2.05, 4.69) is 44.9 Å². The van der Waals surface area contributed by atoms with Crippen LogP contribution in [-0.4, -0.2) is 10.7 Å². The second-order valence-electron chi connectivity index (χ2n) is 1.34. The summed E-state index contributed by atoms with van der Waals surface area (Å²) < 4.78 is 0. The van der Waals surface area contributed by atoms with E-state index in [9.17, 15) is 0 Å². The number of alkyl halides is 2. The zero-order chi connectivity index (χ0) is 5.70. The Hall–Kier alpha value is 0.700. The van der Waals surface area contributed by atoms with Crippen molar-refractivity contribution in [2.75, 3.05) is 10.7 Å². The summed E-state index contributed by atoms with van der Waals surface area (Å²) in [5, 5.41) is 1.95. The first-order valence-corrected chi connectivity index (χ1v) is 4.33. The van der Waals surface area contributed by atoms with Gasteiger partial charge in [0.15, 0.2) is 0 Å². The van der Waals surface area contributed by atoms with Gasteiger partial charge in [-0.05, 0) is 6.92 Å². The highest BCUT2D eigenvalue weighted by Gasteiger charge is 1.78. The second kappa shape index (κ2) is 4.85. The number of allylic oxidation sites excluding steroid dienone is 2. The Morgan fingerprint density at radius 3 is 2.29 bits per heavy atom. The highest BCUT2D eigenvalue weighted by Crippen LogP contribution is 1.97. The van der Waals surface area contributed by atoms with E-state index >= 15 is 0 Å². The summed E-state index contributed by atoms with van der Waals surface area (Å²) in [6.45, 7) is 2.09. The van der Waals surface area contributed by atoms with E-state index in [1.807, 2.05) is 0 Å². The Kier molecular flexibility index (Phi) is 5.33. The molecule has 0 amide bonds. The SMILES string of the molecule is C/C(=C/CBr)CBr. The van der Waals surface area contributed by atoms with Gasteiger partial charge in [0.05, 0.1) is 0 Å². The van der Waals surface area contributed by atoms with Crippen LogP contribution in [0.3, 0.4) is 0 Å². The molecule has 0 rings (SSSR count). The van der Waals surface area contributed by atoms with E-state index in [1.165, 1.54) is 5.57 Å². The van der Waals surface area contributed by atoms with Gasteiger partial charge >= 0.3 is 0 Å². The molecule has 0 heterocycles. The van der Waals surface area contributed by atoms with Crippen LogP contribution in [-0.2, 0) is 0 Å². The summed E-state index contributed by atoms with van der Waals surface area (Å²) in [5.41, 5.74) is 1.37. The van der Waals surface area contributed by atoms with Gasteiger partial charge in [-0.3, -0.25) is 0 Å². The van der Waals surface area contributed by atoms with Crippen LogP contribution in [0.25, 0.3) is 0 Å². The molecule has 0 bridgehead atoms. The smallest absolute Gasteiger partial charge is 0.0239 e. The fourth-order valence-corrected chi connectivity index (χ4v) is 0.968. The van der Waals surface area contributed by atoms with Crippen molar-refractivity contribution >= 4 is 31.9 Å². The average molecular weight is 228 g/mol. The highest BCUT2D eigenvalue weighted by atomic mass is 79.9. The molecule has 0 aromatic heterocycles. The van der Waals surface area contributed by atoms with Crippen LogP contribution in [0.2, 0.25) is 0 Å². The zero-order valence-electron chi connectivity index (χ0n) is 4.25. The molecule has 7 heavy (non-hydrogen) atoms. The molecule has 0 aromatic carbocycles. The van der Waals surface area contributed by atoms with Crippen molar-refractivity contribution < 1.29 is 0 Å². The third-order valence-electron chi connectivity index (χ3n) is 0.636. The average Bonchev–Trinajstić information content (AvgIpc) is 1.68. The molecular weight excluding hydrogens is 220 g/mol. The number of halogens is 2. The molecule has 0 unspecified atom stereocenters. The van der Waals surface area contributed by atoms with Crippen LogP contribution in [0.4, 0.5) is 0 Å². The Labute approximate surface area is 61.2 Å². The largest absolute Gasteiger partial charge is 0.0883 e. The maximum atomic E-state index is 3.33. The van der Waals surface area contributed by atoms with Crippen molar-refractivity contribution in [3.05, 3.63) is 11.6 Å². The number of hydrogen-bond acceptors (Lipinski definition) is 0. The van der Waals surface area contributed by atoms with E-state index < -0.39 is 0 Å². The van der Waals surface area contributed by atoms with Crippen LogP contribution < -0.4 is 0 Å². The van der Waals surface area contributed by atoms with Crippen LogP contribution in [0.5, 0.6) is 0 Å². The van der Waals surface area contributed by atoms with Gasteiger partial charge in [0.25, 0.3) is 0 Å². The monoisotopic (exact) mass is 226 g/mol. The molecule has 0 N–H and O–H groups in total. The van der Waals surface area contributed by atoms with Gasteiger partial charge in [0.1, 0.15) is 0 Å². The first-order chi connectivity index (χ1) is 3.31. The topological polar surface area (TPSA) is 0 Å². The van der Waals surface area contributed by atoms with Crippen molar-refractivity contribution in [1.29, 1.82) is 0 Å². The summed E-state index contributed by atoms with van der Waals surface area (Å²) >= 11 is 6.62. The fourth-order valence-electron chi connectivity index (χ4n) is 0.186. The summed E-state index contributed by atoms with van der Waals surface area (Å²) in [4.78, 5) is 0. The molecule has 0 atom stereocenters. The minimum absolute atomic E-state index is 0.963. The van der Waals surface area contributed by atoms with Crippen LogP contribution >= 0.6 is 31.9 Å². The van der Waals surface area contributed by atoms with E-state index in [0.29, 0.717) is 0 Å². The summed E-state index contributed by atoms with van der Waals surface area (Å²) in [5.74, 6) is 0. The van der Waals surface area contributed by atoms with Crippen molar-refractivity contribution in [1.82, 2.24) is 0 Å². The Balaban J connectivity index is 3.29. The molecule has 0 saturated carbocycles. The zero-order valence-corrected chi connectivity index (χ0v) is 7.42. The third-order valence-corrected chi connectivity index (χ3v) is 1.84. The minimum atomic E-state index is 0.963. The predicted octanol–water partition coefficient (Wildman–Crippen LogP) is 2.72. The van der Waals surface area contributed by atoms with Crippen LogP contribution in [0, 0.1) is 0 Å². The Bertz CT molecular complexity index is 66.5. The van der Waals surface area contributed by atoms with Gasteiger partial charge in [-0.1, -0.05) is 43.5 Å². The quantitative estimate of drug-likeness (QED) is 0.503. The molecule has 42 valence electrons. The summed E-state index contributed by atoms with van der Waals surface area (Å²) in [6.07, 6.45) is 2.13. The van der Waals surface area contributed by atoms with E-state index in [-0.39, 0.29) is 0 Å². The van der Waals surface area contributed by atoms with Gasteiger partial charge in [0, 0.05) is 10.7 Å². The molecule has 0 aliphatic heterocycles. The summed E-state index contributed by atoms with van der Waals surface area (Å²) in [7, 11) is 0. The number of rotatable bonds is 2. The molecule has 0 aromatic rings. The normalized spacial score (nSPS) is 12.1. The molecule has 0 nitrogen and oxygen atoms in total. The van der Waals surface area contributed by atoms with Gasteiger partial charge in [-0.2, -0.15) is 0 Å². The Morgan fingerprint density at radius 2 is 2.14 bits per heavy atom. The molecule has 0 fully saturated rings. The van der Waals surface area contributed by atoms with E-state index in [0.717, 1.165) is 10.7 Å². The lowest BCUT2D eigenvalue weighted by molar-refractivity contribution is 1.40. The Morgan fingerprint density at radius 1 is 1.57 bits per heavy atom. The summed E-state index contributed by atoms with van der Waals surface area (Å²) in [6, 6.07) is 0. The minimum Gasteiger partial charge on any atom is -0.0883 e. The van der Waals surface area contributed by atoms with Gasteiger partial charge in [0.2, 0.25) is 0 Å². The number of hydrogen-bond donors (Lipinski definition) is 0. The lowest BCUT2D eigenvalue weighted by atomic mass is 10.3. The molecule has 0 spiro atoms. The van der Waals surface area contributed by atoms with Gasteiger partial charge in [-0.25, -0.2) is 0 Å². The first kappa shape index (κ1) is 7.70. The van der Waals surface area contributed by atoms with Crippen LogP contribution in [0.15, 0.2) is 11.6 Å². The molecule has 0 saturated heterocycles. The lowest BCUT2D eigenvalue weighted by Gasteiger charge is -1.86. The van der Waals surface area contributed by atoms with Crippen molar-refractivity contribution in [2.45, 2.75) is 6.92 Å². The maximum absolute atomic E-state index is 3.33. The molecule has 0 aliphatic carbocycles. The van der Waals surface area contributed by atoms with Crippen molar-refractivity contribution in [3.8, 4) is 0 Å². The van der Waals surface area contributed by atoms with Crippen molar-refractivity contribution in [3.63, 3.8) is 0 Å². The molecule has 2 heteroatoms. The van der Waals surface area contributed by atoms with E-state index in [1.54, 1.807) is 0 Å². The van der Waals surface area contributed by atoms with Crippen LogP contribution in [0.1, 0.15) is 6.92 Å². The lowest BCUT2D eigenvalue weighted by Crippen LogP contribution is -1.74. The standard InChI is InChI=1S/C5H8Br2/c1-5(4-7)2-3-6/h2H,3-4H2,1H3/b5-2-. The predicted molar refractivity (Wildman–Crippen MR) is 41.3 cm³/mol. The first-order valence-electron chi connectivity index (χ1n) is 2.08. The highest BCUT2D eigenvalue weighted by molar-refractivity contribution is 9.09. The van der Waals surface area contributed by atoms with E-state index in [4.69, 9.17) is 0 Å². The third kappa shape index (κ3) is 4.56. The van der Waals surface area contributed by atoms with Gasteiger partial charge in [-0.15, -0.1) is 0 Å². The molecule has 0 radical (unpaired) electrons.